The molecule has 1 heterocycles. The molecule has 25 heavy (non-hydrogen) atoms. The summed E-state index contributed by atoms with van der Waals surface area (Å²) in [6.07, 6.45) is -2.37. The van der Waals surface area contributed by atoms with Crippen molar-refractivity contribution in [3.05, 3.63) is 30.3 Å². The summed E-state index contributed by atoms with van der Waals surface area (Å²) in [4.78, 5) is 1.00. The quantitative estimate of drug-likeness (QED) is 0.645. The molecule has 142 valence electrons. The molecule has 0 aromatic heterocycles. The number of halogens is 1. The molecule has 0 aliphatic carbocycles. The lowest BCUT2D eigenvalue weighted by Crippen LogP contribution is -2.59. The number of hydrogen-bond acceptors (Lipinski definition) is 4. The van der Waals surface area contributed by atoms with Crippen molar-refractivity contribution < 1.29 is 18.3 Å². The topological polar surface area (TPSA) is 27.7 Å². The number of thioether (sulfide) groups is 1. The zero-order valence-electron chi connectivity index (χ0n) is 16.3. The fraction of sp³-hybridized carbons (Fsp3) is 0.684. The molecular weight excluding hydrogens is 355 g/mol. The molecule has 0 saturated carbocycles. The van der Waals surface area contributed by atoms with Gasteiger partial charge in [-0.3, -0.25) is 0 Å². The Morgan fingerprint density at radius 2 is 1.72 bits per heavy atom. The van der Waals surface area contributed by atoms with Gasteiger partial charge in [-0.2, -0.15) is 0 Å². The highest BCUT2D eigenvalue weighted by molar-refractivity contribution is 8.00. The van der Waals surface area contributed by atoms with E-state index in [1.54, 1.807) is 7.11 Å². The van der Waals surface area contributed by atoms with Gasteiger partial charge in [-0.1, -0.05) is 39.0 Å². The predicted octanol–water partition coefficient (Wildman–Crippen LogP) is 5.27. The molecule has 0 amide bonds. The first-order chi connectivity index (χ1) is 11.6. The van der Waals surface area contributed by atoms with Gasteiger partial charge < -0.3 is 13.9 Å². The van der Waals surface area contributed by atoms with E-state index in [1.807, 2.05) is 37.3 Å². The van der Waals surface area contributed by atoms with Crippen molar-refractivity contribution >= 4 is 20.1 Å². The van der Waals surface area contributed by atoms with Crippen LogP contribution in [0.3, 0.4) is 0 Å². The maximum atomic E-state index is 14.7. The fourth-order valence-electron chi connectivity index (χ4n) is 2.69. The first kappa shape index (κ1) is 20.9. The Hall–Kier alpha value is -0.403. The minimum Gasteiger partial charge on any atom is -0.409 e. The summed E-state index contributed by atoms with van der Waals surface area (Å²) < 4.78 is 32.6. The molecule has 1 fully saturated rings. The van der Waals surface area contributed by atoms with E-state index in [4.69, 9.17) is 13.9 Å². The van der Waals surface area contributed by atoms with E-state index in [2.05, 4.69) is 33.9 Å². The smallest absolute Gasteiger partial charge is 0.214 e. The Kier molecular flexibility index (Phi) is 6.76. The standard InChI is InChI=1S/C19H31FO3SSi/c1-13-15(23-25(6,7)19(2,3)4)16(21-5)17(18(20)22-13)24-14-11-9-8-10-12-14/h8-13,15-18H,1-7H3/t13-,15-,16+,17-,18-/m1/s1. The average molecular weight is 387 g/mol. The van der Waals surface area contributed by atoms with Crippen LogP contribution in [0, 0.1) is 0 Å². The average Bonchev–Trinajstić information content (AvgIpc) is 2.52. The van der Waals surface area contributed by atoms with Crippen molar-refractivity contribution in [1.29, 1.82) is 0 Å². The lowest BCUT2D eigenvalue weighted by Gasteiger charge is -2.47. The van der Waals surface area contributed by atoms with Crippen LogP contribution in [0.25, 0.3) is 0 Å². The van der Waals surface area contributed by atoms with Crippen molar-refractivity contribution in [1.82, 2.24) is 0 Å². The molecular formula is C19H31FO3SSi. The molecule has 5 atom stereocenters. The summed E-state index contributed by atoms with van der Waals surface area (Å²) in [6, 6.07) is 9.81. The second kappa shape index (κ2) is 8.09. The van der Waals surface area contributed by atoms with Crippen LogP contribution in [-0.4, -0.2) is 45.3 Å². The van der Waals surface area contributed by atoms with Crippen molar-refractivity contribution in [3.8, 4) is 0 Å². The van der Waals surface area contributed by atoms with Gasteiger partial charge in [0.1, 0.15) is 6.10 Å². The molecule has 1 aromatic rings. The summed E-state index contributed by atoms with van der Waals surface area (Å²) in [5.41, 5.74) is 0. The Balaban J connectivity index is 2.24. The van der Waals surface area contributed by atoms with Gasteiger partial charge >= 0.3 is 0 Å². The molecule has 0 spiro atoms. The molecule has 0 unspecified atom stereocenters. The van der Waals surface area contributed by atoms with Gasteiger partial charge in [-0.25, -0.2) is 4.39 Å². The number of alkyl halides is 1. The minimum absolute atomic E-state index is 0.0691. The third-order valence-corrected chi connectivity index (χ3v) is 11.0. The maximum Gasteiger partial charge on any atom is 0.214 e. The van der Waals surface area contributed by atoms with Gasteiger partial charge in [-0.05, 0) is 37.2 Å². The second-order valence-corrected chi connectivity index (χ2v) is 14.1. The zero-order valence-corrected chi connectivity index (χ0v) is 18.1. The van der Waals surface area contributed by atoms with Gasteiger partial charge in [0.25, 0.3) is 0 Å². The zero-order chi connectivity index (χ0) is 18.8. The fourth-order valence-corrected chi connectivity index (χ4v) is 5.25. The number of rotatable bonds is 5. The number of ether oxygens (including phenoxy) is 2. The lowest BCUT2D eigenvalue weighted by atomic mass is 10.0. The van der Waals surface area contributed by atoms with Crippen LogP contribution >= 0.6 is 11.8 Å². The van der Waals surface area contributed by atoms with E-state index < -0.39 is 19.9 Å². The van der Waals surface area contributed by atoms with Gasteiger partial charge in [0, 0.05) is 12.0 Å². The SMILES string of the molecule is CO[C@H]1[C@H](O[Si](C)(C)C(C)(C)C)[C@@H](C)O[C@@H](F)[C@@H]1Sc1ccccc1. The molecule has 0 N–H and O–H groups in total. The highest BCUT2D eigenvalue weighted by atomic mass is 32.2. The highest BCUT2D eigenvalue weighted by Crippen LogP contribution is 2.42. The van der Waals surface area contributed by atoms with Gasteiger partial charge in [0.2, 0.25) is 6.36 Å². The summed E-state index contributed by atoms with van der Waals surface area (Å²) in [5.74, 6) is 0. The Labute approximate surface area is 156 Å². The van der Waals surface area contributed by atoms with Gasteiger partial charge in [0.15, 0.2) is 8.32 Å². The van der Waals surface area contributed by atoms with E-state index in [0.29, 0.717) is 0 Å². The minimum atomic E-state index is -2.03. The second-order valence-electron chi connectivity index (χ2n) is 8.13. The summed E-state index contributed by atoms with van der Waals surface area (Å²) in [5, 5.41) is -0.391. The van der Waals surface area contributed by atoms with E-state index in [-0.39, 0.29) is 23.4 Å². The Morgan fingerprint density at radius 1 is 1.12 bits per heavy atom. The summed E-state index contributed by atoms with van der Waals surface area (Å²) in [7, 11) is -0.393. The van der Waals surface area contributed by atoms with Crippen LogP contribution in [0.4, 0.5) is 4.39 Å². The first-order valence-electron chi connectivity index (χ1n) is 8.78. The lowest BCUT2D eigenvalue weighted by molar-refractivity contribution is -0.196. The summed E-state index contributed by atoms with van der Waals surface area (Å²) >= 11 is 1.46. The number of hydrogen-bond donors (Lipinski definition) is 0. The first-order valence-corrected chi connectivity index (χ1v) is 12.6. The van der Waals surface area contributed by atoms with Crippen LogP contribution < -0.4 is 0 Å². The molecule has 1 aliphatic heterocycles. The molecule has 0 bridgehead atoms. The highest BCUT2D eigenvalue weighted by Gasteiger charge is 2.50. The molecule has 0 radical (unpaired) electrons. The molecule has 1 saturated heterocycles. The van der Waals surface area contributed by atoms with Crippen LogP contribution in [0.15, 0.2) is 35.2 Å². The normalized spacial score (nSPS) is 31.1. The number of benzene rings is 1. The third-order valence-electron chi connectivity index (χ3n) is 5.24. The van der Waals surface area contributed by atoms with Crippen molar-refractivity contribution in [2.75, 3.05) is 7.11 Å². The molecule has 6 heteroatoms. The third kappa shape index (κ3) is 4.86. The Bertz CT molecular complexity index is 549. The van der Waals surface area contributed by atoms with E-state index >= 15 is 0 Å². The van der Waals surface area contributed by atoms with Crippen molar-refractivity contribution in [3.63, 3.8) is 0 Å². The largest absolute Gasteiger partial charge is 0.409 e. The molecule has 2 rings (SSSR count). The van der Waals surface area contributed by atoms with Crippen LogP contribution in [-0.2, 0) is 13.9 Å². The maximum absolute atomic E-state index is 14.7. The molecule has 3 nitrogen and oxygen atoms in total. The predicted molar refractivity (Wildman–Crippen MR) is 104 cm³/mol. The van der Waals surface area contributed by atoms with Gasteiger partial charge in [-0.15, -0.1) is 11.8 Å². The van der Waals surface area contributed by atoms with Crippen LogP contribution in [0.5, 0.6) is 0 Å². The van der Waals surface area contributed by atoms with E-state index in [1.165, 1.54) is 11.8 Å². The molecule has 1 aliphatic rings. The Morgan fingerprint density at radius 3 is 2.24 bits per heavy atom. The van der Waals surface area contributed by atoms with Crippen molar-refractivity contribution in [2.24, 2.45) is 0 Å². The van der Waals surface area contributed by atoms with Crippen LogP contribution in [0.2, 0.25) is 18.1 Å². The molecule has 1 aromatic carbocycles. The van der Waals surface area contributed by atoms with Crippen molar-refractivity contribution in [2.45, 2.75) is 80.6 Å². The van der Waals surface area contributed by atoms with E-state index in [0.717, 1.165) is 4.90 Å². The van der Waals surface area contributed by atoms with E-state index in [9.17, 15) is 4.39 Å². The summed E-state index contributed by atoms with van der Waals surface area (Å²) in [6.45, 7) is 12.9. The van der Waals surface area contributed by atoms with Gasteiger partial charge in [0.05, 0.1) is 17.5 Å². The monoisotopic (exact) mass is 386 g/mol. The number of methoxy groups -OCH3 is 1. The van der Waals surface area contributed by atoms with Crippen LogP contribution in [0.1, 0.15) is 27.7 Å².